The fourth-order valence-electron chi connectivity index (χ4n) is 3.13. The lowest BCUT2D eigenvalue weighted by molar-refractivity contribution is -0.148. The molecule has 1 aromatic carbocycles. The SMILES string of the molecule is O=C(COC(=O)CCc1nc2ccccc2o1)NC(=O)NCCC1=CCCCC1. The molecule has 0 aliphatic heterocycles. The Labute approximate surface area is 168 Å². The van der Waals surface area contributed by atoms with Gasteiger partial charge in [0.1, 0.15) is 5.52 Å². The van der Waals surface area contributed by atoms with Gasteiger partial charge in [0.15, 0.2) is 18.1 Å². The summed E-state index contributed by atoms with van der Waals surface area (Å²) in [5.41, 5.74) is 2.72. The summed E-state index contributed by atoms with van der Waals surface area (Å²) in [6.45, 7) is -0.0415. The van der Waals surface area contributed by atoms with Crippen LogP contribution in [0.2, 0.25) is 0 Å². The van der Waals surface area contributed by atoms with Gasteiger partial charge in [0.2, 0.25) is 0 Å². The van der Waals surface area contributed by atoms with Crippen LogP contribution in [0.25, 0.3) is 11.1 Å². The highest BCUT2D eigenvalue weighted by Gasteiger charge is 2.13. The number of rotatable bonds is 8. The Morgan fingerprint density at radius 2 is 2.00 bits per heavy atom. The Kier molecular flexibility index (Phi) is 7.38. The van der Waals surface area contributed by atoms with Crippen LogP contribution in [0.5, 0.6) is 0 Å². The van der Waals surface area contributed by atoms with Gasteiger partial charge in [-0.25, -0.2) is 9.78 Å². The third-order valence-corrected chi connectivity index (χ3v) is 4.62. The van der Waals surface area contributed by atoms with E-state index in [0.29, 0.717) is 18.0 Å². The quantitative estimate of drug-likeness (QED) is 0.521. The molecule has 1 aliphatic carbocycles. The topological polar surface area (TPSA) is 111 Å². The maximum absolute atomic E-state index is 11.8. The summed E-state index contributed by atoms with van der Waals surface area (Å²) in [6, 6.07) is 6.72. The van der Waals surface area contributed by atoms with Crippen LogP contribution >= 0.6 is 0 Å². The van der Waals surface area contributed by atoms with Crippen LogP contribution in [0.15, 0.2) is 40.3 Å². The molecule has 154 valence electrons. The highest BCUT2D eigenvalue weighted by Crippen LogP contribution is 2.19. The van der Waals surface area contributed by atoms with Gasteiger partial charge in [0, 0.05) is 13.0 Å². The van der Waals surface area contributed by atoms with Gasteiger partial charge in [-0.2, -0.15) is 0 Å². The van der Waals surface area contributed by atoms with Crippen LogP contribution in [0.4, 0.5) is 4.79 Å². The lowest BCUT2D eigenvalue weighted by atomic mass is 9.97. The van der Waals surface area contributed by atoms with E-state index in [1.54, 1.807) is 6.07 Å². The number of hydrogen-bond acceptors (Lipinski definition) is 6. The molecule has 8 nitrogen and oxygen atoms in total. The van der Waals surface area contributed by atoms with Crippen molar-refractivity contribution in [2.45, 2.75) is 44.9 Å². The van der Waals surface area contributed by atoms with Crippen molar-refractivity contribution in [2.75, 3.05) is 13.2 Å². The average molecular weight is 399 g/mol. The predicted octanol–water partition coefficient (Wildman–Crippen LogP) is 3.02. The number of urea groups is 1. The summed E-state index contributed by atoms with van der Waals surface area (Å²) in [5.74, 6) is -0.804. The molecule has 2 aromatic rings. The standard InChI is InChI=1S/C21H25N3O5/c25-18(24-21(27)22-13-12-15-6-2-1-3-7-15)14-28-20(26)11-10-19-23-16-8-4-5-9-17(16)29-19/h4-6,8-9H,1-3,7,10-14H2,(H2,22,24,25,27). The lowest BCUT2D eigenvalue weighted by Crippen LogP contribution is -2.41. The molecule has 1 aliphatic rings. The van der Waals surface area contributed by atoms with Crippen molar-refractivity contribution < 1.29 is 23.5 Å². The van der Waals surface area contributed by atoms with Crippen molar-refractivity contribution in [3.8, 4) is 0 Å². The van der Waals surface area contributed by atoms with Crippen LogP contribution in [-0.2, 0) is 20.7 Å². The zero-order valence-corrected chi connectivity index (χ0v) is 16.2. The normalized spacial score (nSPS) is 13.6. The highest BCUT2D eigenvalue weighted by molar-refractivity contribution is 5.95. The summed E-state index contributed by atoms with van der Waals surface area (Å²) in [6.07, 6.45) is 7.88. The molecule has 3 rings (SSSR count). The summed E-state index contributed by atoms with van der Waals surface area (Å²) in [5, 5.41) is 4.78. The minimum atomic E-state index is -0.672. The number of oxazole rings is 1. The number of benzene rings is 1. The first kappa shape index (κ1) is 20.6. The van der Waals surface area contributed by atoms with Gasteiger partial charge in [-0.05, 0) is 44.2 Å². The van der Waals surface area contributed by atoms with Crippen LogP contribution in [0.1, 0.15) is 44.4 Å². The van der Waals surface area contributed by atoms with E-state index >= 15 is 0 Å². The van der Waals surface area contributed by atoms with Crippen molar-refractivity contribution >= 4 is 29.0 Å². The van der Waals surface area contributed by atoms with E-state index in [9.17, 15) is 14.4 Å². The Bertz CT molecular complexity index is 870. The summed E-state index contributed by atoms with van der Waals surface area (Å²) >= 11 is 0. The molecule has 2 N–H and O–H groups in total. The van der Waals surface area contributed by atoms with E-state index in [1.807, 2.05) is 18.2 Å². The first-order valence-corrected chi connectivity index (χ1v) is 9.86. The van der Waals surface area contributed by atoms with E-state index in [4.69, 9.17) is 9.15 Å². The zero-order valence-electron chi connectivity index (χ0n) is 16.2. The summed E-state index contributed by atoms with van der Waals surface area (Å²) < 4.78 is 10.4. The van der Waals surface area contributed by atoms with Gasteiger partial charge in [-0.1, -0.05) is 23.8 Å². The average Bonchev–Trinajstić information content (AvgIpc) is 3.14. The van der Waals surface area contributed by atoms with Gasteiger partial charge in [-0.3, -0.25) is 14.9 Å². The number of nitrogens with zero attached hydrogens (tertiary/aromatic N) is 1. The largest absolute Gasteiger partial charge is 0.456 e. The second-order valence-electron chi connectivity index (χ2n) is 6.90. The van der Waals surface area contributed by atoms with Crippen LogP contribution in [-0.4, -0.2) is 36.0 Å². The molecular weight excluding hydrogens is 374 g/mol. The predicted molar refractivity (Wildman–Crippen MR) is 106 cm³/mol. The van der Waals surface area contributed by atoms with Crippen molar-refractivity contribution in [2.24, 2.45) is 0 Å². The number of amides is 3. The molecule has 1 heterocycles. The smallest absolute Gasteiger partial charge is 0.321 e. The molecule has 1 aromatic heterocycles. The monoisotopic (exact) mass is 399 g/mol. The first-order valence-electron chi connectivity index (χ1n) is 9.86. The number of ether oxygens (including phenoxy) is 1. The fourth-order valence-corrected chi connectivity index (χ4v) is 3.13. The molecule has 8 heteroatoms. The van der Waals surface area contributed by atoms with Gasteiger partial charge in [-0.15, -0.1) is 0 Å². The Morgan fingerprint density at radius 1 is 1.14 bits per heavy atom. The molecule has 0 fully saturated rings. The Morgan fingerprint density at radius 3 is 2.79 bits per heavy atom. The zero-order chi connectivity index (χ0) is 20.5. The van der Waals surface area contributed by atoms with Crippen LogP contribution in [0, 0.1) is 0 Å². The van der Waals surface area contributed by atoms with E-state index in [1.165, 1.54) is 18.4 Å². The third-order valence-electron chi connectivity index (χ3n) is 4.62. The number of allylic oxidation sites excluding steroid dienone is 1. The van der Waals surface area contributed by atoms with E-state index < -0.39 is 24.5 Å². The molecule has 0 bridgehead atoms. The number of hydrogen-bond donors (Lipinski definition) is 2. The number of imide groups is 1. The van der Waals surface area contributed by atoms with Crippen molar-refractivity contribution in [3.63, 3.8) is 0 Å². The Balaban J connectivity index is 1.29. The highest BCUT2D eigenvalue weighted by atomic mass is 16.5. The molecule has 0 radical (unpaired) electrons. The van der Waals surface area contributed by atoms with Gasteiger partial charge in [0.05, 0.1) is 6.42 Å². The van der Waals surface area contributed by atoms with Crippen molar-refractivity contribution in [1.29, 1.82) is 0 Å². The number of aryl methyl sites for hydroxylation is 1. The van der Waals surface area contributed by atoms with Gasteiger partial charge in [0.25, 0.3) is 5.91 Å². The molecular formula is C21H25N3O5. The molecule has 0 atom stereocenters. The minimum Gasteiger partial charge on any atom is -0.456 e. The number of nitrogens with one attached hydrogen (secondary N) is 2. The van der Waals surface area contributed by atoms with Crippen molar-refractivity contribution in [1.82, 2.24) is 15.6 Å². The van der Waals surface area contributed by atoms with E-state index in [2.05, 4.69) is 21.7 Å². The number of carbonyl (C=O) groups is 3. The number of aromatic nitrogens is 1. The number of esters is 1. The Hall–Kier alpha value is -3.16. The van der Waals surface area contributed by atoms with E-state index in [-0.39, 0.29) is 12.8 Å². The fraction of sp³-hybridized carbons (Fsp3) is 0.429. The van der Waals surface area contributed by atoms with Crippen LogP contribution in [0.3, 0.4) is 0 Å². The molecule has 0 saturated heterocycles. The second-order valence-corrected chi connectivity index (χ2v) is 6.90. The van der Waals surface area contributed by atoms with Crippen LogP contribution < -0.4 is 10.6 Å². The van der Waals surface area contributed by atoms with Crippen molar-refractivity contribution in [3.05, 3.63) is 41.8 Å². The first-order chi connectivity index (χ1) is 14.1. The molecule has 0 saturated carbocycles. The lowest BCUT2D eigenvalue weighted by Gasteiger charge is -2.13. The maximum Gasteiger partial charge on any atom is 0.321 e. The molecule has 3 amide bonds. The molecule has 0 spiro atoms. The number of fused-ring (bicyclic) bond motifs is 1. The third kappa shape index (κ3) is 6.74. The summed E-state index contributed by atoms with van der Waals surface area (Å²) in [4.78, 5) is 39.5. The minimum absolute atomic E-state index is 0.0292. The maximum atomic E-state index is 11.8. The number of para-hydroxylation sites is 2. The molecule has 0 unspecified atom stereocenters. The van der Waals surface area contributed by atoms with Gasteiger partial charge >= 0.3 is 12.0 Å². The van der Waals surface area contributed by atoms with E-state index in [0.717, 1.165) is 24.8 Å². The van der Waals surface area contributed by atoms with Gasteiger partial charge < -0.3 is 14.5 Å². The summed E-state index contributed by atoms with van der Waals surface area (Å²) in [7, 11) is 0. The molecule has 29 heavy (non-hydrogen) atoms. The second kappa shape index (κ2) is 10.4. The number of carbonyl (C=O) groups excluding carboxylic acids is 3.